The molecule has 2 aromatic rings. The van der Waals surface area contributed by atoms with Crippen molar-refractivity contribution in [3.8, 4) is 0 Å². The number of amides is 2. The zero-order chi connectivity index (χ0) is 25.2. The highest BCUT2D eigenvalue weighted by atomic mass is 16.6. The molecular weight excluding hydrogens is 440 g/mol. The van der Waals surface area contributed by atoms with E-state index >= 15 is 0 Å². The minimum atomic E-state index is -0.479. The molecule has 0 radical (unpaired) electrons. The minimum absolute atomic E-state index is 0.123. The van der Waals surface area contributed by atoms with Crippen molar-refractivity contribution in [1.29, 1.82) is 0 Å². The number of benzene rings is 1. The first-order valence-electron chi connectivity index (χ1n) is 13.2. The van der Waals surface area contributed by atoms with Crippen LogP contribution in [0.3, 0.4) is 0 Å². The molecule has 0 N–H and O–H groups in total. The Morgan fingerprint density at radius 3 is 2.46 bits per heavy atom. The van der Waals surface area contributed by atoms with Gasteiger partial charge in [0.2, 0.25) is 0 Å². The summed E-state index contributed by atoms with van der Waals surface area (Å²) in [4.78, 5) is 32.2. The van der Waals surface area contributed by atoms with Crippen molar-refractivity contribution in [3.63, 3.8) is 0 Å². The number of aromatic nitrogens is 1. The summed E-state index contributed by atoms with van der Waals surface area (Å²) in [5.74, 6) is 0.123. The molecule has 4 rings (SSSR count). The third-order valence-corrected chi connectivity index (χ3v) is 7.31. The normalized spacial score (nSPS) is 20.0. The van der Waals surface area contributed by atoms with Gasteiger partial charge in [0, 0.05) is 74.0 Å². The lowest BCUT2D eigenvalue weighted by Gasteiger charge is -2.37. The number of carbonyl (C=O) groups excluding carboxylic acids is 2. The average Bonchev–Trinajstić information content (AvgIpc) is 3.23. The van der Waals surface area contributed by atoms with E-state index < -0.39 is 5.60 Å². The topological polar surface area (TPSA) is 58.0 Å². The molecule has 1 aromatic heterocycles. The lowest BCUT2D eigenvalue weighted by molar-refractivity contribution is 0.00841. The number of likely N-dealkylation sites (tertiary alicyclic amines) is 1. The minimum Gasteiger partial charge on any atom is -0.444 e. The number of ether oxygens (including phenoxy) is 1. The van der Waals surface area contributed by atoms with Crippen LogP contribution in [0, 0.1) is 0 Å². The van der Waals surface area contributed by atoms with Gasteiger partial charge in [-0.25, -0.2) is 4.79 Å². The lowest BCUT2D eigenvalue weighted by Crippen LogP contribution is -2.50. The highest BCUT2D eigenvalue weighted by Crippen LogP contribution is 2.25. The smallest absolute Gasteiger partial charge is 0.410 e. The number of hydrogen-bond acceptors (Lipinski definition) is 4. The Balaban J connectivity index is 1.39. The Bertz CT molecular complexity index is 1030. The highest BCUT2D eigenvalue weighted by molar-refractivity contribution is 5.98. The van der Waals surface area contributed by atoms with Crippen LogP contribution in [0.1, 0.15) is 70.7 Å². The highest BCUT2D eigenvalue weighted by Gasteiger charge is 2.30. The number of aryl methyl sites for hydroxylation is 1. The Morgan fingerprint density at radius 2 is 1.77 bits per heavy atom. The molecule has 1 aromatic carbocycles. The maximum Gasteiger partial charge on any atom is 0.410 e. The van der Waals surface area contributed by atoms with E-state index in [4.69, 9.17) is 4.74 Å². The number of piperidine rings is 1. The van der Waals surface area contributed by atoms with Crippen LogP contribution in [0.5, 0.6) is 0 Å². The molecule has 192 valence electrons. The van der Waals surface area contributed by atoms with Crippen molar-refractivity contribution in [2.45, 2.75) is 84.5 Å². The maximum absolute atomic E-state index is 13.1. The van der Waals surface area contributed by atoms with E-state index in [1.807, 2.05) is 42.7 Å². The molecule has 7 heteroatoms. The molecule has 2 amide bonds. The standard InChI is InChI=1S/C28H42N4O3/c1-21(2)29-16-18-31(19-17-29)26(33)23-9-10-25-22(20-23)11-14-30(25)15-12-24-8-6-7-13-32(24)27(34)35-28(3,4)5/h9-11,14,20-21,24H,6-8,12-13,15-19H2,1-5H3. The van der Waals surface area contributed by atoms with Gasteiger partial charge in [0.1, 0.15) is 5.60 Å². The largest absolute Gasteiger partial charge is 0.444 e. The molecule has 0 spiro atoms. The van der Waals surface area contributed by atoms with E-state index in [0.717, 1.165) is 81.4 Å². The van der Waals surface area contributed by atoms with Gasteiger partial charge in [0.15, 0.2) is 0 Å². The molecule has 7 nitrogen and oxygen atoms in total. The van der Waals surface area contributed by atoms with E-state index in [2.05, 4.69) is 41.6 Å². The van der Waals surface area contributed by atoms with Crippen molar-refractivity contribution >= 4 is 22.9 Å². The van der Waals surface area contributed by atoms with Crippen LogP contribution >= 0.6 is 0 Å². The first-order valence-corrected chi connectivity index (χ1v) is 13.2. The summed E-state index contributed by atoms with van der Waals surface area (Å²) < 4.78 is 7.90. The van der Waals surface area contributed by atoms with Crippen molar-refractivity contribution in [1.82, 2.24) is 19.3 Å². The first-order chi connectivity index (χ1) is 16.6. The fourth-order valence-corrected chi connectivity index (χ4v) is 5.30. The Morgan fingerprint density at radius 1 is 1.03 bits per heavy atom. The fourth-order valence-electron chi connectivity index (χ4n) is 5.30. The number of piperazine rings is 1. The summed E-state index contributed by atoms with van der Waals surface area (Å²) in [6.07, 6.45) is 5.99. The number of fused-ring (bicyclic) bond motifs is 1. The van der Waals surface area contributed by atoms with Gasteiger partial charge in [-0.05, 0) is 84.6 Å². The molecular formula is C28H42N4O3. The van der Waals surface area contributed by atoms with E-state index in [-0.39, 0.29) is 18.0 Å². The molecule has 0 bridgehead atoms. The van der Waals surface area contributed by atoms with E-state index in [1.165, 1.54) is 0 Å². The van der Waals surface area contributed by atoms with Gasteiger partial charge in [-0.1, -0.05) is 0 Å². The Labute approximate surface area is 210 Å². The van der Waals surface area contributed by atoms with Crippen LogP contribution in [0.25, 0.3) is 10.9 Å². The van der Waals surface area contributed by atoms with E-state index in [1.54, 1.807) is 0 Å². The van der Waals surface area contributed by atoms with Crippen molar-refractivity contribution in [3.05, 3.63) is 36.0 Å². The summed E-state index contributed by atoms with van der Waals surface area (Å²) in [5.41, 5.74) is 1.41. The second kappa shape index (κ2) is 10.6. The van der Waals surface area contributed by atoms with Crippen LogP contribution in [0.15, 0.2) is 30.5 Å². The Kier molecular flexibility index (Phi) is 7.74. The number of hydrogen-bond donors (Lipinski definition) is 0. The molecule has 0 aliphatic carbocycles. The summed E-state index contributed by atoms with van der Waals surface area (Å²) in [6, 6.07) is 8.86. The van der Waals surface area contributed by atoms with Crippen LogP contribution in [0.4, 0.5) is 4.79 Å². The Hall–Kier alpha value is -2.54. The zero-order valence-electron chi connectivity index (χ0n) is 22.1. The van der Waals surface area contributed by atoms with Gasteiger partial charge in [-0.2, -0.15) is 0 Å². The summed E-state index contributed by atoms with van der Waals surface area (Å²) in [5, 5.41) is 1.09. The van der Waals surface area contributed by atoms with Crippen molar-refractivity contribution in [2.24, 2.45) is 0 Å². The third-order valence-electron chi connectivity index (χ3n) is 7.31. The fraction of sp³-hybridized carbons (Fsp3) is 0.643. The molecule has 35 heavy (non-hydrogen) atoms. The maximum atomic E-state index is 13.1. The number of nitrogens with zero attached hydrogens (tertiary/aromatic N) is 4. The SMILES string of the molecule is CC(C)N1CCN(C(=O)c2ccc3c(ccn3CCC3CCCCN3C(=O)OC(C)(C)C)c2)CC1. The van der Waals surface area contributed by atoms with Gasteiger partial charge in [0.25, 0.3) is 5.91 Å². The average molecular weight is 483 g/mol. The molecule has 2 fully saturated rings. The third kappa shape index (κ3) is 6.18. The second-order valence-corrected chi connectivity index (χ2v) is 11.3. The monoisotopic (exact) mass is 482 g/mol. The van der Waals surface area contributed by atoms with Crippen molar-refractivity contribution in [2.75, 3.05) is 32.7 Å². The predicted molar refractivity (Wildman–Crippen MR) is 140 cm³/mol. The summed E-state index contributed by atoms with van der Waals surface area (Å²) in [7, 11) is 0. The lowest BCUT2D eigenvalue weighted by atomic mass is 10.00. The quantitative estimate of drug-likeness (QED) is 0.603. The summed E-state index contributed by atoms with van der Waals surface area (Å²) in [6.45, 7) is 15.2. The summed E-state index contributed by atoms with van der Waals surface area (Å²) >= 11 is 0. The van der Waals surface area contributed by atoms with Gasteiger partial charge in [0.05, 0.1) is 0 Å². The van der Waals surface area contributed by atoms with Crippen molar-refractivity contribution < 1.29 is 14.3 Å². The molecule has 1 atom stereocenters. The molecule has 2 saturated heterocycles. The predicted octanol–water partition coefficient (Wildman–Crippen LogP) is 4.99. The van der Waals surface area contributed by atoms with Gasteiger partial charge in [-0.15, -0.1) is 0 Å². The molecule has 1 unspecified atom stereocenters. The number of carbonyl (C=O) groups is 2. The van der Waals surface area contributed by atoms with Crippen LogP contribution in [-0.2, 0) is 11.3 Å². The van der Waals surface area contributed by atoms with Gasteiger partial charge >= 0.3 is 6.09 Å². The van der Waals surface area contributed by atoms with Crippen LogP contribution in [-0.4, -0.2) is 81.7 Å². The van der Waals surface area contributed by atoms with Crippen LogP contribution in [0.2, 0.25) is 0 Å². The number of rotatable bonds is 5. The van der Waals surface area contributed by atoms with E-state index in [9.17, 15) is 9.59 Å². The molecule has 3 heterocycles. The second-order valence-electron chi connectivity index (χ2n) is 11.3. The van der Waals surface area contributed by atoms with Crippen LogP contribution < -0.4 is 0 Å². The zero-order valence-corrected chi connectivity index (χ0v) is 22.1. The molecule has 2 aliphatic heterocycles. The first kappa shape index (κ1) is 25.5. The molecule has 0 saturated carbocycles. The van der Waals surface area contributed by atoms with E-state index in [0.29, 0.717) is 6.04 Å². The molecule has 2 aliphatic rings. The van der Waals surface area contributed by atoms with Gasteiger partial charge in [-0.3, -0.25) is 9.69 Å². The van der Waals surface area contributed by atoms with Gasteiger partial charge < -0.3 is 19.1 Å².